The number of sulfonamides is 1. The van der Waals surface area contributed by atoms with Crippen LogP contribution < -0.4 is 9.46 Å². The molecule has 1 heterocycles. The first-order chi connectivity index (χ1) is 15.0. The minimum Gasteiger partial charge on any atom is -0.472 e. The van der Waals surface area contributed by atoms with Crippen LogP contribution in [0.15, 0.2) is 60.8 Å². The minimum atomic E-state index is -4.16. The monoisotopic (exact) mass is 461 g/mol. The molecule has 0 bridgehead atoms. The number of hydrogen-bond donors (Lipinski definition) is 1. The molecule has 1 N–H and O–H groups in total. The number of hydrogen-bond acceptors (Lipinski definition) is 6. The van der Waals surface area contributed by atoms with E-state index in [2.05, 4.69) is 9.82 Å². The van der Waals surface area contributed by atoms with Crippen molar-refractivity contribution >= 4 is 21.7 Å². The van der Waals surface area contributed by atoms with Gasteiger partial charge in [0.15, 0.2) is 5.75 Å². The summed E-state index contributed by atoms with van der Waals surface area (Å²) in [6.07, 6.45) is 1.55. The normalized spacial score (nSPS) is 11.8. The maximum atomic E-state index is 13.9. The molecule has 0 radical (unpaired) electrons. The first-order valence-corrected chi connectivity index (χ1v) is 11.4. The van der Waals surface area contributed by atoms with Crippen LogP contribution in [0.2, 0.25) is 0 Å². The third-order valence-electron chi connectivity index (χ3n) is 3.99. The molecule has 3 aromatic rings. The molecule has 0 saturated carbocycles. The van der Waals surface area contributed by atoms with E-state index in [-0.39, 0.29) is 11.4 Å². The van der Waals surface area contributed by atoms with E-state index in [0.717, 1.165) is 11.6 Å². The van der Waals surface area contributed by atoms with Gasteiger partial charge in [-0.3, -0.25) is 9.52 Å². The highest BCUT2D eigenvalue weighted by Gasteiger charge is 2.24. The Bertz CT molecular complexity index is 1190. The van der Waals surface area contributed by atoms with Crippen LogP contribution in [0.1, 0.15) is 26.3 Å². The zero-order valence-electron chi connectivity index (χ0n) is 17.9. The quantitative estimate of drug-likeness (QED) is 0.514. The SMILES string of the molecule is CC(C)(C)OC(=O)CS(=O)(=O)Nc1cc(F)ccc1-n1ccc(OCc2ccccc2)n1. The number of nitrogens with one attached hydrogen (secondary N) is 1. The third-order valence-corrected chi connectivity index (χ3v) is 5.14. The number of rotatable bonds is 8. The molecule has 0 amide bonds. The van der Waals surface area contributed by atoms with Crippen LogP contribution in [-0.4, -0.2) is 35.5 Å². The minimum absolute atomic E-state index is 0.0775. The maximum Gasteiger partial charge on any atom is 0.323 e. The Hall–Kier alpha value is -3.40. The molecule has 0 fully saturated rings. The van der Waals surface area contributed by atoms with Crippen molar-refractivity contribution < 1.29 is 27.1 Å². The van der Waals surface area contributed by atoms with Crippen molar-refractivity contribution in [1.82, 2.24) is 9.78 Å². The van der Waals surface area contributed by atoms with Crippen LogP contribution >= 0.6 is 0 Å². The van der Waals surface area contributed by atoms with Crippen LogP contribution in [-0.2, 0) is 26.2 Å². The lowest BCUT2D eigenvalue weighted by molar-refractivity contribution is -0.151. The van der Waals surface area contributed by atoms with Crippen molar-refractivity contribution in [3.8, 4) is 11.6 Å². The summed E-state index contributed by atoms with van der Waals surface area (Å²) in [7, 11) is -4.16. The fourth-order valence-corrected chi connectivity index (χ4v) is 3.71. The van der Waals surface area contributed by atoms with Crippen molar-refractivity contribution in [2.75, 3.05) is 10.5 Å². The van der Waals surface area contributed by atoms with Gasteiger partial charge < -0.3 is 9.47 Å². The smallest absolute Gasteiger partial charge is 0.323 e. The molecule has 0 saturated heterocycles. The largest absolute Gasteiger partial charge is 0.472 e. The van der Waals surface area contributed by atoms with E-state index in [0.29, 0.717) is 12.5 Å². The molecule has 0 spiro atoms. The summed E-state index contributed by atoms with van der Waals surface area (Å²) in [4.78, 5) is 11.9. The van der Waals surface area contributed by atoms with Gasteiger partial charge in [-0.2, -0.15) is 0 Å². The molecule has 32 heavy (non-hydrogen) atoms. The number of carbonyl (C=O) groups is 1. The Morgan fingerprint density at radius 1 is 1.12 bits per heavy atom. The molecule has 0 atom stereocenters. The van der Waals surface area contributed by atoms with E-state index >= 15 is 0 Å². The lowest BCUT2D eigenvalue weighted by Gasteiger charge is -2.19. The van der Waals surface area contributed by atoms with Crippen LogP contribution in [0.5, 0.6) is 5.88 Å². The number of nitrogens with zero attached hydrogens (tertiary/aromatic N) is 2. The molecule has 0 aliphatic carbocycles. The molecule has 2 aromatic carbocycles. The number of halogens is 1. The molecular weight excluding hydrogens is 437 g/mol. The summed E-state index contributed by atoms with van der Waals surface area (Å²) in [5, 5.41) is 4.27. The lowest BCUT2D eigenvalue weighted by atomic mass is 10.2. The summed E-state index contributed by atoms with van der Waals surface area (Å²) < 4.78 is 53.1. The van der Waals surface area contributed by atoms with Crippen molar-refractivity contribution in [3.05, 3.63) is 72.2 Å². The summed E-state index contributed by atoms with van der Waals surface area (Å²) in [6.45, 7) is 5.19. The van der Waals surface area contributed by atoms with Crippen molar-refractivity contribution in [2.24, 2.45) is 0 Å². The number of benzene rings is 2. The van der Waals surface area contributed by atoms with Crippen molar-refractivity contribution in [2.45, 2.75) is 33.0 Å². The zero-order valence-corrected chi connectivity index (χ0v) is 18.7. The van der Waals surface area contributed by atoms with Crippen LogP contribution in [0.4, 0.5) is 10.1 Å². The Kier molecular flexibility index (Phi) is 6.83. The first-order valence-electron chi connectivity index (χ1n) is 9.75. The number of aromatic nitrogens is 2. The third kappa shape index (κ3) is 6.81. The van der Waals surface area contributed by atoms with Gasteiger partial charge in [-0.1, -0.05) is 30.3 Å². The van der Waals surface area contributed by atoms with E-state index in [1.165, 1.54) is 16.8 Å². The second-order valence-electron chi connectivity index (χ2n) is 7.98. The van der Waals surface area contributed by atoms with Gasteiger partial charge in [-0.25, -0.2) is 17.5 Å². The van der Waals surface area contributed by atoms with Crippen LogP contribution in [0.25, 0.3) is 5.69 Å². The van der Waals surface area contributed by atoms with E-state index in [1.54, 1.807) is 33.0 Å². The predicted octanol–water partition coefficient (Wildman–Crippen LogP) is 3.67. The average molecular weight is 462 g/mol. The maximum absolute atomic E-state index is 13.9. The molecule has 10 heteroatoms. The topological polar surface area (TPSA) is 99.5 Å². The fraction of sp³-hybridized carbons (Fsp3) is 0.273. The van der Waals surface area contributed by atoms with E-state index < -0.39 is 33.2 Å². The lowest BCUT2D eigenvalue weighted by Crippen LogP contribution is -2.31. The highest BCUT2D eigenvalue weighted by Crippen LogP contribution is 2.24. The first kappa shape index (κ1) is 23.3. The average Bonchev–Trinajstić information content (AvgIpc) is 3.13. The molecule has 8 nitrogen and oxygen atoms in total. The van der Waals surface area contributed by atoms with Crippen LogP contribution in [0.3, 0.4) is 0 Å². The van der Waals surface area contributed by atoms with Gasteiger partial charge in [-0.15, -0.1) is 5.10 Å². The molecular formula is C22H24FN3O5S. The Labute approximate surface area is 186 Å². The summed E-state index contributed by atoms with van der Waals surface area (Å²) >= 11 is 0. The van der Waals surface area contributed by atoms with Gasteiger partial charge in [0, 0.05) is 18.3 Å². The van der Waals surface area contributed by atoms with Gasteiger partial charge in [0.25, 0.3) is 0 Å². The van der Waals surface area contributed by atoms with Crippen molar-refractivity contribution in [3.63, 3.8) is 0 Å². The van der Waals surface area contributed by atoms with Gasteiger partial charge in [0.1, 0.15) is 18.0 Å². The fourth-order valence-electron chi connectivity index (χ4n) is 2.77. The summed E-state index contributed by atoms with van der Waals surface area (Å²) in [6, 6.07) is 14.7. The zero-order chi connectivity index (χ0) is 23.4. The van der Waals surface area contributed by atoms with Gasteiger partial charge in [0.05, 0.1) is 11.4 Å². The molecule has 1 aromatic heterocycles. The van der Waals surface area contributed by atoms with Gasteiger partial charge in [-0.05, 0) is 38.5 Å². The van der Waals surface area contributed by atoms with E-state index in [4.69, 9.17) is 9.47 Å². The molecule has 170 valence electrons. The molecule has 0 aliphatic heterocycles. The number of carbonyl (C=O) groups excluding carboxylic acids is 1. The predicted molar refractivity (Wildman–Crippen MR) is 118 cm³/mol. The second-order valence-corrected chi connectivity index (χ2v) is 9.70. The standard InChI is InChI=1S/C22H24FN3O5S/c1-22(2,3)31-21(27)15-32(28,29)25-18-13-17(23)9-10-19(18)26-12-11-20(24-26)30-14-16-7-5-4-6-8-16/h4-13,25H,14-15H2,1-3H3. The Morgan fingerprint density at radius 3 is 2.53 bits per heavy atom. The van der Waals surface area contributed by atoms with Crippen LogP contribution in [0, 0.1) is 5.82 Å². The molecule has 0 aliphatic rings. The number of anilines is 1. The van der Waals surface area contributed by atoms with Crippen molar-refractivity contribution in [1.29, 1.82) is 0 Å². The van der Waals surface area contributed by atoms with E-state index in [9.17, 15) is 17.6 Å². The Morgan fingerprint density at radius 2 is 1.84 bits per heavy atom. The summed E-state index contributed by atoms with van der Waals surface area (Å²) in [5.74, 6) is -2.18. The highest BCUT2D eigenvalue weighted by atomic mass is 32.2. The molecule has 3 rings (SSSR count). The Balaban J connectivity index is 1.76. The second kappa shape index (κ2) is 9.39. The van der Waals surface area contributed by atoms with Gasteiger partial charge in [0.2, 0.25) is 15.9 Å². The van der Waals surface area contributed by atoms with E-state index in [1.807, 2.05) is 30.3 Å². The number of ether oxygens (including phenoxy) is 2. The van der Waals surface area contributed by atoms with Gasteiger partial charge >= 0.3 is 5.97 Å². The molecule has 0 unspecified atom stereocenters. The highest BCUT2D eigenvalue weighted by molar-refractivity contribution is 7.93. The summed E-state index contributed by atoms with van der Waals surface area (Å²) in [5.41, 5.74) is 0.307. The number of esters is 1.